The highest BCUT2D eigenvalue weighted by molar-refractivity contribution is 5.61. The number of piperidine rings is 3. The van der Waals surface area contributed by atoms with Crippen molar-refractivity contribution < 1.29 is 4.39 Å². The van der Waals surface area contributed by atoms with Crippen LogP contribution < -0.4 is 5.32 Å². The highest BCUT2D eigenvalue weighted by Crippen LogP contribution is 2.34. The maximum absolute atomic E-state index is 13.7. The van der Waals surface area contributed by atoms with Gasteiger partial charge in [0.05, 0.1) is 17.6 Å². The number of nitrogens with zero attached hydrogens (tertiary/aromatic N) is 2. The molecule has 1 aromatic carbocycles. The minimum absolute atomic E-state index is 0.183. The van der Waals surface area contributed by atoms with Crippen molar-refractivity contribution in [1.29, 1.82) is 0 Å². The average molecular weight is 325 g/mol. The smallest absolute Gasteiger partial charge is 0.126 e. The van der Waals surface area contributed by atoms with E-state index in [9.17, 15) is 4.39 Å². The molecule has 3 aliphatic rings. The summed E-state index contributed by atoms with van der Waals surface area (Å²) in [4.78, 5) is 7.11. The van der Waals surface area contributed by atoms with Gasteiger partial charge in [0.2, 0.25) is 0 Å². The molecule has 24 heavy (non-hydrogen) atoms. The molecule has 0 aliphatic carbocycles. The third-order valence-electron chi connectivity index (χ3n) is 5.74. The van der Waals surface area contributed by atoms with Crippen LogP contribution in [-0.2, 0) is 0 Å². The van der Waals surface area contributed by atoms with Crippen LogP contribution in [0.5, 0.6) is 0 Å². The van der Waals surface area contributed by atoms with Crippen molar-refractivity contribution in [1.82, 2.24) is 9.88 Å². The molecule has 0 amide bonds. The second-order valence-corrected chi connectivity index (χ2v) is 7.18. The molecular weight excluding hydrogens is 301 g/mol. The Kier molecular flexibility index (Phi) is 4.01. The van der Waals surface area contributed by atoms with Crippen molar-refractivity contribution in [2.24, 2.45) is 5.92 Å². The second kappa shape index (κ2) is 6.17. The van der Waals surface area contributed by atoms with Crippen LogP contribution in [0.1, 0.15) is 25.3 Å². The Balaban J connectivity index is 1.50. The zero-order valence-electron chi connectivity index (χ0n) is 14.3. The molecule has 4 heteroatoms. The van der Waals surface area contributed by atoms with E-state index in [0.29, 0.717) is 17.6 Å². The number of rotatable bonds is 3. The number of hydrogen-bond acceptors (Lipinski definition) is 3. The Labute approximate surface area is 142 Å². The van der Waals surface area contributed by atoms with Crippen LogP contribution in [0.15, 0.2) is 36.5 Å². The molecule has 2 atom stereocenters. The van der Waals surface area contributed by atoms with E-state index < -0.39 is 0 Å². The number of pyridine rings is 1. The Hall–Kier alpha value is -1.94. The summed E-state index contributed by atoms with van der Waals surface area (Å²) in [6.07, 6.45) is 4.45. The predicted molar refractivity (Wildman–Crippen MR) is 95.5 cm³/mol. The molecule has 3 fully saturated rings. The zero-order valence-corrected chi connectivity index (χ0v) is 14.3. The van der Waals surface area contributed by atoms with E-state index >= 15 is 0 Å². The van der Waals surface area contributed by atoms with E-state index in [1.54, 1.807) is 19.1 Å². The van der Waals surface area contributed by atoms with Gasteiger partial charge in [0.25, 0.3) is 0 Å². The summed E-state index contributed by atoms with van der Waals surface area (Å²) in [7, 11) is 0. The summed E-state index contributed by atoms with van der Waals surface area (Å²) in [5, 5.41) is 3.68. The lowest BCUT2D eigenvalue weighted by Crippen LogP contribution is -2.59. The van der Waals surface area contributed by atoms with E-state index in [4.69, 9.17) is 0 Å². The standard InChI is InChI=1S/C20H24FN3/c1-13-3-4-16(11-18(13)21)19-6-5-17(12-22-19)23-20-14(2)24-9-7-15(20)8-10-24/h3-6,11-12,14-15,20,23H,7-10H2,1-2H3/t14-,20-/m1/s1. The molecule has 0 unspecified atom stereocenters. The van der Waals surface area contributed by atoms with Gasteiger partial charge in [-0.05, 0) is 69.5 Å². The molecule has 0 spiro atoms. The Morgan fingerprint density at radius 3 is 2.58 bits per heavy atom. The molecule has 3 aliphatic heterocycles. The summed E-state index contributed by atoms with van der Waals surface area (Å²) in [6, 6.07) is 10.4. The quantitative estimate of drug-likeness (QED) is 0.921. The Bertz CT molecular complexity index is 718. The number of aromatic nitrogens is 1. The van der Waals surface area contributed by atoms with Gasteiger partial charge in [-0.2, -0.15) is 0 Å². The number of aryl methyl sites for hydroxylation is 1. The topological polar surface area (TPSA) is 28.2 Å². The van der Waals surface area contributed by atoms with Crippen LogP contribution in [-0.4, -0.2) is 35.1 Å². The fourth-order valence-corrected chi connectivity index (χ4v) is 4.14. The Morgan fingerprint density at radius 1 is 1.17 bits per heavy atom. The fourth-order valence-electron chi connectivity index (χ4n) is 4.14. The van der Waals surface area contributed by atoms with E-state index in [1.165, 1.54) is 25.9 Å². The normalized spacial score (nSPS) is 28.8. The summed E-state index contributed by atoms with van der Waals surface area (Å²) in [6.45, 7) is 6.56. The fraction of sp³-hybridized carbons (Fsp3) is 0.450. The predicted octanol–water partition coefficient (Wildman–Crippen LogP) is 4.09. The van der Waals surface area contributed by atoms with E-state index in [2.05, 4.69) is 28.2 Å². The van der Waals surface area contributed by atoms with Gasteiger partial charge in [0.1, 0.15) is 5.82 Å². The summed E-state index contributed by atoms with van der Waals surface area (Å²) in [5.74, 6) is 0.577. The van der Waals surface area contributed by atoms with Gasteiger partial charge in [-0.3, -0.25) is 9.88 Å². The van der Waals surface area contributed by atoms with Crippen LogP contribution in [0.25, 0.3) is 11.3 Å². The third kappa shape index (κ3) is 2.80. The van der Waals surface area contributed by atoms with E-state index in [-0.39, 0.29) is 5.82 Å². The number of benzene rings is 1. The lowest BCUT2D eigenvalue weighted by molar-refractivity contribution is 0.0458. The van der Waals surface area contributed by atoms with Crippen LogP contribution >= 0.6 is 0 Å². The number of nitrogens with one attached hydrogen (secondary N) is 1. The van der Waals surface area contributed by atoms with Gasteiger partial charge in [-0.15, -0.1) is 0 Å². The highest BCUT2D eigenvalue weighted by atomic mass is 19.1. The van der Waals surface area contributed by atoms with Crippen LogP contribution in [0.2, 0.25) is 0 Å². The molecule has 1 N–H and O–H groups in total. The summed E-state index contributed by atoms with van der Waals surface area (Å²) in [5.41, 5.74) is 3.34. The van der Waals surface area contributed by atoms with Crippen LogP contribution in [0, 0.1) is 18.7 Å². The van der Waals surface area contributed by atoms with E-state index in [0.717, 1.165) is 22.9 Å². The molecule has 5 rings (SSSR count). The Morgan fingerprint density at radius 2 is 1.96 bits per heavy atom. The van der Waals surface area contributed by atoms with Gasteiger partial charge in [-0.25, -0.2) is 4.39 Å². The second-order valence-electron chi connectivity index (χ2n) is 7.18. The lowest BCUT2D eigenvalue weighted by atomic mass is 9.79. The molecule has 2 aromatic rings. The molecule has 0 radical (unpaired) electrons. The minimum Gasteiger partial charge on any atom is -0.379 e. The molecule has 1 aromatic heterocycles. The molecule has 4 heterocycles. The minimum atomic E-state index is -0.183. The molecule has 3 nitrogen and oxygen atoms in total. The monoisotopic (exact) mass is 325 g/mol. The zero-order chi connectivity index (χ0) is 16.7. The van der Waals surface area contributed by atoms with Crippen molar-refractivity contribution in [3.63, 3.8) is 0 Å². The number of hydrogen-bond donors (Lipinski definition) is 1. The summed E-state index contributed by atoms with van der Waals surface area (Å²) >= 11 is 0. The van der Waals surface area contributed by atoms with Gasteiger partial charge in [0, 0.05) is 17.6 Å². The SMILES string of the molecule is Cc1ccc(-c2ccc(N[C@H]3C4CCN(CC4)[C@@H]3C)cn2)cc1F. The molecule has 3 saturated heterocycles. The maximum Gasteiger partial charge on any atom is 0.126 e. The van der Waals surface area contributed by atoms with E-state index in [1.807, 2.05) is 18.3 Å². The van der Waals surface area contributed by atoms with Crippen molar-refractivity contribution in [2.45, 2.75) is 38.8 Å². The molecule has 126 valence electrons. The first-order chi connectivity index (χ1) is 11.6. The first-order valence-electron chi connectivity index (χ1n) is 8.85. The van der Waals surface area contributed by atoms with Crippen LogP contribution in [0.3, 0.4) is 0 Å². The third-order valence-corrected chi connectivity index (χ3v) is 5.74. The van der Waals surface area contributed by atoms with Gasteiger partial charge in [-0.1, -0.05) is 12.1 Å². The first kappa shape index (κ1) is 15.6. The largest absolute Gasteiger partial charge is 0.379 e. The van der Waals surface area contributed by atoms with Gasteiger partial charge >= 0.3 is 0 Å². The van der Waals surface area contributed by atoms with Gasteiger partial charge < -0.3 is 5.32 Å². The van der Waals surface area contributed by atoms with Gasteiger partial charge in [0.15, 0.2) is 0 Å². The highest BCUT2D eigenvalue weighted by Gasteiger charge is 2.39. The number of anilines is 1. The van der Waals surface area contributed by atoms with Crippen molar-refractivity contribution in [3.05, 3.63) is 47.9 Å². The lowest BCUT2D eigenvalue weighted by Gasteiger charge is -2.50. The maximum atomic E-state index is 13.7. The number of halogens is 1. The summed E-state index contributed by atoms with van der Waals surface area (Å²) < 4.78 is 13.7. The van der Waals surface area contributed by atoms with Crippen molar-refractivity contribution >= 4 is 5.69 Å². The molecular formula is C20H24FN3. The first-order valence-corrected chi connectivity index (χ1v) is 8.85. The van der Waals surface area contributed by atoms with Crippen molar-refractivity contribution in [3.8, 4) is 11.3 Å². The number of fused-ring (bicyclic) bond motifs is 3. The van der Waals surface area contributed by atoms with Crippen LogP contribution in [0.4, 0.5) is 10.1 Å². The average Bonchev–Trinajstić information content (AvgIpc) is 2.61. The molecule has 2 bridgehead atoms. The van der Waals surface area contributed by atoms with Crippen molar-refractivity contribution in [2.75, 3.05) is 18.4 Å². The molecule has 0 saturated carbocycles.